The van der Waals surface area contributed by atoms with E-state index >= 15 is 0 Å². The fraction of sp³-hybridized carbons (Fsp3) is 0.706. The van der Waals surface area contributed by atoms with Gasteiger partial charge in [-0.05, 0) is 51.4 Å². The van der Waals surface area contributed by atoms with E-state index in [0.29, 0.717) is 0 Å². The van der Waals surface area contributed by atoms with Gasteiger partial charge in [0.15, 0.2) is 5.57 Å². The van der Waals surface area contributed by atoms with Gasteiger partial charge in [0.2, 0.25) is 0 Å². The zero-order valence-electron chi connectivity index (χ0n) is 13.3. The summed E-state index contributed by atoms with van der Waals surface area (Å²) in [7, 11) is 0. The normalized spacial score (nSPS) is 20.8. The van der Waals surface area contributed by atoms with Crippen LogP contribution < -0.4 is 0 Å². The highest BCUT2D eigenvalue weighted by Crippen LogP contribution is 2.22. The fourth-order valence-electron chi connectivity index (χ4n) is 3.10. The molecule has 1 N–H and O–H groups in total. The first-order valence-corrected chi connectivity index (χ1v) is 8.43. The highest BCUT2D eigenvalue weighted by molar-refractivity contribution is 6.16. The summed E-state index contributed by atoms with van der Waals surface area (Å²) >= 11 is 0. The number of rotatable bonds is 5. The molecular weight excluding hydrogens is 300 g/mol. The summed E-state index contributed by atoms with van der Waals surface area (Å²) in [5.41, 5.74) is -0.656. The third-order valence-corrected chi connectivity index (χ3v) is 4.37. The van der Waals surface area contributed by atoms with Crippen LogP contribution in [0.15, 0.2) is 11.6 Å². The number of hydrogen-bond donors (Lipinski definition) is 1. The lowest BCUT2D eigenvalue weighted by molar-refractivity contribution is -0.151. The van der Waals surface area contributed by atoms with Crippen LogP contribution in [-0.2, 0) is 23.9 Å². The van der Waals surface area contributed by atoms with Gasteiger partial charge in [-0.2, -0.15) is 0 Å². The molecule has 0 aromatic carbocycles. The zero-order valence-corrected chi connectivity index (χ0v) is 13.3. The van der Waals surface area contributed by atoms with Gasteiger partial charge in [-0.1, -0.05) is 12.8 Å². The molecule has 0 heterocycles. The summed E-state index contributed by atoms with van der Waals surface area (Å²) < 4.78 is 10.4. The molecule has 6 heteroatoms. The van der Waals surface area contributed by atoms with Crippen molar-refractivity contribution in [2.75, 3.05) is 0 Å². The third kappa shape index (κ3) is 5.69. The predicted octanol–water partition coefficient (Wildman–Crippen LogP) is 2.75. The molecule has 0 aromatic rings. The van der Waals surface area contributed by atoms with Gasteiger partial charge in [-0.15, -0.1) is 0 Å². The number of carbonyl (C=O) groups is 3. The van der Waals surface area contributed by atoms with Crippen LogP contribution in [0.25, 0.3) is 0 Å². The molecule has 128 valence electrons. The van der Waals surface area contributed by atoms with E-state index in [-0.39, 0.29) is 12.2 Å². The molecule has 2 aliphatic carbocycles. The number of carboxylic acids is 1. The lowest BCUT2D eigenvalue weighted by Crippen LogP contribution is -2.26. The Balaban J connectivity index is 1.93. The molecule has 2 saturated carbocycles. The molecule has 2 fully saturated rings. The van der Waals surface area contributed by atoms with Crippen molar-refractivity contribution in [3.05, 3.63) is 11.6 Å². The van der Waals surface area contributed by atoms with Gasteiger partial charge >= 0.3 is 17.9 Å². The summed E-state index contributed by atoms with van der Waals surface area (Å²) in [4.78, 5) is 35.1. The van der Waals surface area contributed by atoms with Crippen LogP contribution in [0.2, 0.25) is 0 Å². The van der Waals surface area contributed by atoms with E-state index in [2.05, 4.69) is 0 Å². The number of hydrogen-bond acceptors (Lipinski definition) is 5. The summed E-state index contributed by atoms with van der Waals surface area (Å²) in [6.07, 6.45) is 9.52. The molecule has 6 nitrogen and oxygen atoms in total. The summed E-state index contributed by atoms with van der Waals surface area (Å²) in [6.45, 7) is 0. The highest BCUT2D eigenvalue weighted by atomic mass is 16.6. The first-order valence-electron chi connectivity index (χ1n) is 8.43. The van der Waals surface area contributed by atoms with Crippen LogP contribution in [0.4, 0.5) is 0 Å². The number of carbonyl (C=O) groups excluding carboxylic acids is 2. The number of carboxylic acid groups (broad SMARTS) is 1. The van der Waals surface area contributed by atoms with Crippen LogP contribution in [0.3, 0.4) is 0 Å². The molecule has 23 heavy (non-hydrogen) atoms. The van der Waals surface area contributed by atoms with Crippen molar-refractivity contribution in [3.8, 4) is 0 Å². The van der Waals surface area contributed by atoms with Crippen molar-refractivity contribution in [3.63, 3.8) is 0 Å². The average Bonchev–Trinajstić information content (AvgIpc) is 2.54. The van der Waals surface area contributed by atoms with Gasteiger partial charge in [0.05, 0.1) is 0 Å². The highest BCUT2D eigenvalue weighted by Gasteiger charge is 2.26. The topological polar surface area (TPSA) is 89.9 Å². The molecule has 0 unspecified atom stereocenters. The van der Waals surface area contributed by atoms with Crippen LogP contribution in [0, 0.1) is 0 Å². The molecule has 0 aromatic heterocycles. The summed E-state index contributed by atoms with van der Waals surface area (Å²) in [5.74, 6) is -3.20. The molecule has 0 atom stereocenters. The minimum atomic E-state index is -1.47. The smallest absolute Gasteiger partial charge is 0.346 e. The Morgan fingerprint density at radius 2 is 1.26 bits per heavy atom. The van der Waals surface area contributed by atoms with Gasteiger partial charge in [0.25, 0.3) is 0 Å². The summed E-state index contributed by atoms with van der Waals surface area (Å²) in [5, 5.41) is 9.15. The molecule has 2 rings (SSSR count). The van der Waals surface area contributed by atoms with E-state index in [1.807, 2.05) is 0 Å². The van der Waals surface area contributed by atoms with Gasteiger partial charge in [0.1, 0.15) is 12.2 Å². The molecule has 2 aliphatic rings. The average molecular weight is 324 g/mol. The Labute approximate surface area is 135 Å². The molecule has 0 saturated heterocycles. The van der Waals surface area contributed by atoms with E-state index < -0.39 is 23.5 Å². The van der Waals surface area contributed by atoms with Gasteiger partial charge in [-0.3, -0.25) is 0 Å². The number of ether oxygens (including phenoxy) is 2. The Morgan fingerprint density at radius 1 is 0.783 bits per heavy atom. The Bertz CT molecular complexity index is 469. The van der Waals surface area contributed by atoms with Gasteiger partial charge in [0, 0.05) is 6.08 Å². The maximum Gasteiger partial charge on any atom is 0.346 e. The lowest BCUT2D eigenvalue weighted by atomic mass is 9.98. The second kappa shape index (κ2) is 8.70. The maximum absolute atomic E-state index is 12.0. The molecule has 0 bridgehead atoms. The monoisotopic (exact) mass is 324 g/mol. The molecule has 0 radical (unpaired) electrons. The first kappa shape index (κ1) is 17.5. The summed E-state index contributed by atoms with van der Waals surface area (Å²) in [6, 6.07) is 0. The van der Waals surface area contributed by atoms with E-state index in [1.165, 1.54) is 0 Å². The first-order chi connectivity index (χ1) is 11.1. The quantitative estimate of drug-likeness (QED) is 0.362. The second-order valence-electron chi connectivity index (χ2n) is 6.23. The minimum Gasteiger partial charge on any atom is -0.477 e. The Kier molecular flexibility index (Phi) is 6.62. The zero-order chi connectivity index (χ0) is 16.7. The van der Waals surface area contributed by atoms with E-state index in [9.17, 15) is 14.4 Å². The van der Waals surface area contributed by atoms with Gasteiger partial charge < -0.3 is 14.6 Å². The van der Waals surface area contributed by atoms with Crippen molar-refractivity contribution in [2.45, 2.75) is 76.4 Å². The second-order valence-corrected chi connectivity index (χ2v) is 6.23. The third-order valence-electron chi connectivity index (χ3n) is 4.37. The van der Waals surface area contributed by atoms with Crippen molar-refractivity contribution >= 4 is 17.9 Å². The maximum atomic E-state index is 12.0. The number of esters is 2. The molecule has 0 aliphatic heterocycles. The SMILES string of the molecule is O=C(/C=C(/C(=O)O)C(=O)OC1CCCCC1)OC1CCCCC1. The fourth-order valence-corrected chi connectivity index (χ4v) is 3.10. The van der Waals surface area contributed by atoms with Gasteiger partial charge in [-0.25, -0.2) is 14.4 Å². The molecular formula is C17H24O6. The van der Waals surface area contributed by atoms with E-state index in [1.54, 1.807) is 0 Å². The standard InChI is InChI=1S/C17H24O6/c18-15(22-12-7-3-1-4-8-12)11-14(16(19)20)17(21)23-13-9-5-2-6-10-13/h11-13H,1-10H2,(H,19,20)/b14-11-. The van der Waals surface area contributed by atoms with Crippen LogP contribution in [-0.4, -0.2) is 35.2 Å². The Hall–Kier alpha value is -1.85. The molecule has 0 amide bonds. The van der Waals surface area contributed by atoms with Crippen molar-refractivity contribution < 1.29 is 29.0 Å². The number of aliphatic carboxylic acids is 1. The van der Waals surface area contributed by atoms with Crippen molar-refractivity contribution in [2.24, 2.45) is 0 Å². The predicted molar refractivity (Wildman–Crippen MR) is 81.6 cm³/mol. The van der Waals surface area contributed by atoms with E-state index in [4.69, 9.17) is 14.6 Å². The van der Waals surface area contributed by atoms with Crippen LogP contribution in [0.1, 0.15) is 64.2 Å². The van der Waals surface area contributed by atoms with Crippen molar-refractivity contribution in [1.82, 2.24) is 0 Å². The van der Waals surface area contributed by atoms with Crippen LogP contribution in [0.5, 0.6) is 0 Å². The minimum absolute atomic E-state index is 0.183. The van der Waals surface area contributed by atoms with E-state index in [0.717, 1.165) is 70.3 Å². The van der Waals surface area contributed by atoms with Crippen molar-refractivity contribution in [1.29, 1.82) is 0 Å². The van der Waals surface area contributed by atoms with Crippen LogP contribution >= 0.6 is 0 Å². The lowest BCUT2D eigenvalue weighted by Gasteiger charge is -2.22. The molecule has 0 spiro atoms. The largest absolute Gasteiger partial charge is 0.477 e. The Morgan fingerprint density at radius 3 is 1.74 bits per heavy atom.